The van der Waals surface area contributed by atoms with Crippen LogP contribution in [0.25, 0.3) is 11.0 Å². The lowest BCUT2D eigenvalue weighted by molar-refractivity contribution is 0.101. The number of fused-ring (bicyclic) bond motifs is 1. The van der Waals surface area contributed by atoms with Crippen molar-refractivity contribution in [1.29, 1.82) is 0 Å². The van der Waals surface area contributed by atoms with Gasteiger partial charge in [0.2, 0.25) is 0 Å². The van der Waals surface area contributed by atoms with Crippen molar-refractivity contribution in [3.63, 3.8) is 0 Å². The van der Waals surface area contributed by atoms with Gasteiger partial charge in [-0.05, 0) is 53.6 Å². The van der Waals surface area contributed by atoms with Gasteiger partial charge < -0.3 is 4.57 Å². The van der Waals surface area contributed by atoms with Crippen molar-refractivity contribution < 1.29 is 4.39 Å². The molecule has 5 heteroatoms. The number of hydrogen-bond donors (Lipinski definition) is 0. The molecule has 1 atom stereocenters. The van der Waals surface area contributed by atoms with E-state index >= 15 is 0 Å². The molecule has 1 aromatic carbocycles. The van der Waals surface area contributed by atoms with Crippen LogP contribution in [0, 0.1) is 11.2 Å². The number of halogens is 3. The molecule has 21 heavy (non-hydrogen) atoms. The Bertz CT molecular complexity index is 671. The van der Waals surface area contributed by atoms with Crippen molar-refractivity contribution in [2.24, 2.45) is 5.41 Å². The average molecular weight is 374 g/mol. The monoisotopic (exact) mass is 372 g/mol. The van der Waals surface area contributed by atoms with Crippen molar-refractivity contribution in [1.82, 2.24) is 9.55 Å². The van der Waals surface area contributed by atoms with Gasteiger partial charge in [0.15, 0.2) is 0 Å². The molecule has 0 bridgehead atoms. The van der Waals surface area contributed by atoms with Crippen LogP contribution < -0.4 is 0 Å². The second kappa shape index (κ2) is 5.54. The summed E-state index contributed by atoms with van der Waals surface area (Å²) in [4.78, 5) is 4.56. The van der Waals surface area contributed by atoms with Crippen molar-refractivity contribution in [3.8, 4) is 0 Å². The first kappa shape index (κ1) is 15.3. The number of alkyl halides is 1. The van der Waals surface area contributed by atoms with Crippen molar-refractivity contribution in [2.45, 2.75) is 51.5 Å². The second-order valence-electron chi connectivity index (χ2n) is 6.13. The topological polar surface area (TPSA) is 17.8 Å². The third-order valence-electron chi connectivity index (χ3n) is 4.83. The van der Waals surface area contributed by atoms with E-state index in [1.807, 2.05) is 13.0 Å². The molecule has 0 N–H and O–H groups in total. The van der Waals surface area contributed by atoms with Gasteiger partial charge in [-0.15, -0.1) is 11.6 Å². The minimum absolute atomic E-state index is 0.187. The summed E-state index contributed by atoms with van der Waals surface area (Å²) < 4.78 is 16.4. The fourth-order valence-corrected chi connectivity index (χ4v) is 3.74. The highest BCUT2D eigenvalue weighted by molar-refractivity contribution is 9.10. The van der Waals surface area contributed by atoms with Crippen LogP contribution >= 0.6 is 27.5 Å². The molecule has 1 aromatic heterocycles. The van der Waals surface area contributed by atoms with Gasteiger partial charge in [0, 0.05) is 12.6 Å². The molecule has 0 spiro atoms. The minimum atomic E-state index is -0.283. The predicted molar refractivity (Wildman–Crippen MR) is 88.2 cm³/mol. The molecule has 0 radical (unpaired) electrons. The van der Waals surface area contributed by atoms with Crippen molar-refractivity contribution >= 4 is 38.6 Å². The van der Waals surface area contributed by atoms with Gasteiger partial charge >= 0.3 is 0 Å². The Balaban J connectivity index is 2.13. The zero-order valence-corrected chi connectivity index (χ0v) is 14.6. The summed E-state index contributed by atoms with van der Waals surface area (Å²) in [7, 11) is 0. The van der Waals surface area contributed by atoms with Crippen LogP contribution in [-0.4, -0.2) is 9.55 Å². The van der Waals surface area contributed by atoms with Gasteiger partial charge in [-0.2, -0.15) is 0 Å². The van der Waals surface area contributed by atoms with E-state index in [-0.39, 0.29) is 11.2 Å². The van der Waals surface area contributed by atoms with Gasteiger partial charge in [0.05, 0.1) is 20.9 Å². The molecule has 2 nitrogen and oxygen atoms in total. The van der Waals surface area contributed by atoms with Gasteiger partial charge in [0.1, 0.15) is 11.6 Å². The van der Waals surface area contributed by atoms with Crippen LogP contribution in [-0.2, 0) is 6.54 Å². The Hall–Kier alpha value is -0.610. The average Bonchev–Trinajstić information content (AvgIpc) is 2.73. The first-order valence-electron chi connectivity index (χ1n) is 7.45. The lowest BCUT2D eigenvalue weighted by Crippen LogP contribution is -2.34. The van der Waals surface area contributed by atoms with Crippen LogP contribution in [0.2, 0.25) is 0 Å². The highest BCUT2D eigenvalue weighted by atomic mass is 79.9. The van der Waals surface area contributed by atoms with E-state index in [9.17, 15) is 4.39 Å². The molecular formula is C16H19BrClFN2. The van der Waals surface area contributed by atoms with E-state index < -0.39 is 0 Å². The number of benzene rings is 1. The van der Waals surface area contributed by atoms with E-state index in [2.05, 4.69) is 32.4 Å². The summed E-state index contributed by atoms with van der Waals surface area (Å²) in [5.74, 6) is 0.554. The largest absolute Gasteiger partial charge is 0.326 e. The molecule has 3 rings (SSSR count). The maximum atomic E-state index is 13.7. The standard InChI is InChI=1S/C16H19BrClFN2/c1-3-16(5-4-6-16)9-21-14-7-11(17)12(19)8-13(14)20-15(21)10(2)18/h7-8,10H,3-6,9H2,1-2H3. The highest BCUT2D eigenvalue weighted by Gasteiger charge is 2.36. The first-order valence-corrected chi connectivity index (χ1v) is 8.68. The van der Waals surface area contributed by atoms with Crippen LogP contribution in [0.1, 0.15) is 50.7 Å². The number of aromatic nitrogens is 2. The maximum absolute atomic E-state index is 13.7. The molecule has 1 aliphatic rings. The van der Waals surface area contributed by atoms with E-state index in [1.165, 1.54) is 25.3 Å². The highest BCUT2D eigenvalue weighted by Crippen LogP contribution is 2.46. The molecule has 1 aliphatic carbocycles. The van der Waals surface area contributed by atoms with Crippen LogP contribution in [0.15, 0.2) is 16.6 Å². The van der Waals surface area contributed by atoms with Gasteiger partial charge in [-0.25, -0.2) is 9.37 Å². The summed E-state index contributed by atoms with van der Waals surface area (Å²) >= 11 is 9.58. The zero-order chi connectivity index (χ0) is 15.2. The molecule has 114 valence electrons. The third kappa shape index (κ3) is 2.61. The SMILES string of the molecule is CCC1(Cn2c(C(C)Cl)nc3cc(F)c(Br)cc32)CCC1. The lowest BCUT2D eigenvalue weighted by atomic mass is 9.67. The normalized spacial score (nSPS) is 18.7. The summed E-state index contributed by atoms with van der Waals surface area (Å²) in [6.45, 7) is 5.09. The quantitative estimate of drug-likeness (QED) is 0.618. The van der Waals surface area contributed by atoms with Gasteiger partial charge in [-0.1, -0.05) is 13.3 Å². The number of imidazole rings is 1. The van der Waals surface area contributed by atoms with Crippen LogP contribution in [0.4, 0.5) is 4.39 Å². The van der Waals surface area contributed by atoms with E-state index in [4.69, 9.17) is 11.6 Å². The lowest BCUT2D eigenvalue weighted by Gasteiger charge is -2.42. The Labute approximate surface area is 137 Å². The molecule has 1 fully saturated rings. The number of rotatable bonds is 4. The van der Waals surface area contributed by atoms with Crippen LogP contribution in [0.5, 0.6) is 0 Å². The third-order valence-corrected chi connectivity index (χ3v) is 5.64. The van der Waals surface area contributed by atoms with E-state index in [1.54, 1.807) is 0 Å². The van der Waals surface area contributed by atoms with Crippen LogP contribution in [0.3, 0.4) is 0 Å². The van der Waals surface area contributed by atoms with Gasteiger partial charge in [0.25, 0.3) is 0 Å². The summed E-state index contributed by atoms with van der Waals surface area (Å²) in [6, 6.07) is 3.31. The minimum Gasteiger partial charge on any atom is -0.326 e. The fraction of sp³-hybridized carbons (Fsp3) is 0.562. The molecule has 1 unspecified atom stereocenters. The number of hydrogen-bond acceptors (Lipinski definition) is 1. The fourth-order valence-electron chi connectivity index (χ4n) is 3.24. The Morgan fingerprint density at radius 3 is 2.71 bits per heavy atom. The molecule has 1 saturated carbocycles. The Kier molecular flexibility index (Phi) is 4.04. The molecule has 2 aromatic rings. The Morgan fingerprint density at radius 1 is 1.48 bits per heavy atom. The molecule has 0 aliphatic heterocycles. The summed E-state index contributed by atoms with van der Waals surface area (Å²) in [5, 5.41) is -0.187. The summed E-state index contributed by atoms with van der Waals surface area (Å²) in [6.07, 6.45) is 4.96. The second-order valence-corrected chi connectivity index (χ2v) is 7.64. The van der Waals surface area contributed by atoms with E-state index in [0.29, 0.717) is 15.4 Å². The molecule has 1 heterocycles. The smallest absolute Gasteiger partial charge is 0.139 e. The van der Waals surface area contributed by atoms with E-state index in [0.717, 1.165) is 24.3 Å². The maximum Gasteiger partial charge on any atom is 0.139 e. The molecular weight excluding hydrogens is 355 g/mol. The predicted octanol–water partition coefficient (Wildman–Crippen LogP) is 5.82. The summed E-state index contributed by atoms with van der Waals surface area (Å²) in [5.41, 5.74) is 2.00. The van der Waals surface area contributed by atoms with Crippen molar-refractivity contribution in [3.05, 3.63) is 28.2 Å². The Morgan fingerprint density at radius 2 is 2.19 bits per heavy atom. The van der Waals surface area contributed by atoms with Gasteiger partial charge in [-0.3, -0.25) is 0 Å². The number of nitrogens with zero attached hydrogens (tertiary/aromatic N) is 2. The molecule has 0 saturated heterocycles. The zero-order valence-electron chi connectivity index (χ0n) is 12.3. The molecule has 0 amide bonds. The first-order chi connectivity index (χ1) is 9.96. The van der Waals surface area contributed by atoms with Crippen molar-refractivity contribution in [2.75, 3.05) is 0 Å².